The Morgan fingerprint density at radius 3 is 2.74 bits per heavy atom. The van der Waals surface area contributed by atoms with Crippen molar-refractivity contribution in [1.29, 1.82) is 0 Å². The SMILES string of the molecule is Cc1ccc(-c2nc(NS(=O)(=O)c3cccc4nonc34)sc2C)cc1Cl. The molecule has 4 rings (SSSR count). The molecule has 2 aromatic heterocycles. The zero-order chi connectivity index (χ0) is 19.2. The normalized spacial score (nSPS) is 11.8. The van der Waals surface area contributed by atoms with E-state index in [2.05, 4.69) is 24.6 Å². The smallest absolute Gasteiger partial charge is 0.255 e. The van der Waals surface area contributed by atoms with Crippen LogP contribution in [0.1, 0.15) is 10.4 Å². The van der Waals surface area contributed by atoms with Gasteiger partial charge in [0.15, 0.2) is 10.6 Å². The molecule has 0 saturated carbocycles. The summed E-state index contributed by atoms with van der Waals surface area (Å²) < 4.78 is 32.7. The zero-order valence-corrected chi connectivity index (χ0v) is 16.6. The highest BCUT2D eigenvalue weighted by atomic mass is 35.5. The number of nitrogens with zero attached hydrogens (tertiary/aromatic N) is 3. The highest BCUT2D eigenvalue weighted by Crippen LogP contribution is 2.33. The summed E-state index contributed by atoms with van der Waals surface area (Å²) in [6.45, 7) is 3.79. The lowest BCUT2D eigenvalue weighted by Gasteiger charge is -2.05. The van der Waals surface area contributed by atoms with Gasteiger partial charge in [0.2, 0.25) is 0 Å². The number of aryl methyl sites for hydroxylation is 2. The van der Waals surface area contributed by atoms with Crippen molar-refractivity contribution in [2.24, 2.45) is 0 Å². The molecule has 0 spiro atoms. The third-order valence-corrected chi connectivity index (χ3v) is 6.80. The number of rotatable bonds is 4. The molecule has 0 radical (unpaired) electrons. The minimum absolute atomic E-state index is 0.0194. The van der Waals surface area contributed by atoms with Crippen LogP contribution in [0, 0.1) is 13.8 Å². The number of aromatic nitrogens is 3. The predicted octanol–water partition coefficient (Wildman–Crippen LogP) is 4.42. The summed E-state index contributed by atoms with van der Waals surface area (Å²) in [5.74, 6) is 0. The minimum Gasteiger partial charge on any atom is -0.255 e. The van der Waals surface area contributed by atoms with Gasteiger partial charge >= 0.3 is 0 Å². The highest BCUT2D eigenvalue weighted by molar-refractivity contribution is 7.93. The van der Waals surface area contributed by atoms with Crippen molar-refractivity contribution in [3.8, 4) is 11.3 Å². The maximum Gasteiger partial charge on any atom is 0.266 e. The Balaban J connectivity index is 1.71. The lowest BCUT2D eigenvalue weighted by Crippen LogP contribution is -2.13. The fourth-order valence-corrected chi connectivity index (χ4v) is 5.02. The average molecular weight is 421 g/mol. The molecule has 4 aromatic rings. The summed E-state index contributed by atoms with van der Waals surface area (Å²) in [5, 5.41) is 8.24. The molecule has 2 heterocycles. The van der Waals surface area contributed by atoms with E-state index in [-0.39, 0.29) is 15.5 Å². The minimum atomic E-state index is -3.90. The van der Waals surface area contributed by atoms with Gasteiger partial charge in [0.25, 0.3) is 10.0 Å². The van der Waals surface area contributed by atoms with Crippen molar-refractivity contribution in [1.82, 2.24) is 15.3 Å². The second kappa shape index (κ2) is 6.59. The molecule has 0 aliphatic heterocycles. The number of anilines is 1. The molecular formula is C17H13ClN4O3S2. The Bertz CT molecular complexity index is 1260. The molecule has 0 aliphatic rings. The van der Waals surface area contributed by atoms with Crippen molar-refractivity contribution in [2.45, 2.75) is 18.7 Å². The van der Waals surface area contributed by atoms with Crippen LogP contribution >= 0.6 is 22.9 Å². The monoisotopic (exact) mass is 420 g/mol. The number of sulfonamides is 1. The molecule has 138 valence electrons. The number of hydrogen-bond acceptors (Lipinski definition) is 7. The quantitative estimate of drug-likeness (QED) is 0.524. The number of nitrogens with one attached hydrogen (secondary N) is 1. The third kappa shape index (κ3) is 3.29. The Labute approximate surface area is 164 Å². The lowest BCUT2D eigenvalue weighted by molar-refractivity contribution is 0.315. The molecule has 0 amide bonds. The fourth-order valence-electron chi connectivity index (χ4n) is 2.62. The van der Waals surface area contributed by atoms with Gasteiger partial charge in [-0.05, 0) is 47.9 Å². The largest absolute Gasteiger partial charge is 0.266 e. The molecule has 1 N–H and O–H groups in total. The molecule has 2 aromatic carbocycles. The number of fused-ring (bicyclic) bond motifs is 1. The highest BCUT2D eigenvalue weighted by Gasteiger charge is 2.22. The van der Waals surface area contributed by atoms with Gasteiger partial charge in [-0.25, -0.2) is 18.0 Å². The molecule has 0 atom stereocenters. The van der Waals surface area contributed by atoms with E-state index >= 15 is 0 Å². The van der Waals surface area contributed by atoms with E-state index in [1.165, 1.54) is 17.4 Å². The summed E-state index contributed by atoms with van der Waals surface area (Å²) in [4.78, 5) is 5.29. The van der Waals surface area contributed by atoms with Crippen LogP contribution in [-0.4, -0.2) is 23.7 Å². The topological polar surface area (TPSA) is 98.0 Å². The van der Waals surface area contributed by atoms with Crippen molar-refractivity contribution in [3.05, 3.63) is 51.9 Å². The number of thiazole rings is 1. The van der Waals surface area contributed by atoms with Crippen molar-refractivity contribution < 1.29 is 13.0 Å². The van der Waals surface area contributed by atoms with Gasteiger partial charge in [0, 0.05) is 15.5 Å². The number of benzene rings is 2. The summed E-state index contributed by atoms with van der Waals surface area (Å²) in [6, 6.07) is 10.3. The van der Waals surface area contributed by atoms with Crippen LogP contribution in [0.5, 0.6) is 0 Å². The van der Waals surface area contributed by atoms with Crippen LogP contribution in [-0.2, 0) is 10.0 Å². The molecule has 10 heteroatoms. The molecule has 0 saturated heterocycles. The second-order valence-electron chi connectivity index (χ2n) is 5.88. The van der Waals surface area contributed by atoms with E-state index in [1.54, 1.807) is 12.1 Å². The van der Waals surface area contributed by atoms with Gasteiger partial charge in [-0.1, -0.05) is 29.8 Å². The van der Waals surface area contributed by atoms with Crippen molar-refractivity contribution in [3.63, 3.8) is 0 Å². The molecule has 7 nitrogen and oxygen atoms in total. The molecule has 0 bridgehead atoms. The number of halogens is 1. The predicted molar refractivity (Wildman–Crippen MR) is 105 cm³/mol. The van der Waals surface area contributed by atoms with Gasteiger partial charge in [-0.15, -0.1) is 11.3 Å². The summed E-state index contributed by atoms with van der Waals surface area (Å²) >= 11 is 7.44. The molecule has 0 aliphatic carbocycles. The summed E-state index contributed by atoms with van der Waals surface area (Å²) in [5.41, 5.74) is 3.00. The first-order valence-electron chi connectivity index (χ1n) is 7.83. The number of hydrogen-bond donors (Lipinski definition) is 1. The Morgan fingerprint density at radius 1 is 1.15 bits per heavy atom. The first-order valence-corrected chi connectivity index (χ1v) is 10.5. The maximum atomic E-state index is 12.8. The molecular weight excluding hydrogens is 408 g/mol. The van der Waals surface area contributed by atoms with Crippen molar-refractivity contribution in [2.75, 3.05) is 4.72 Å². The fraction of sp³-hybridized carbons (Fsp3) is 0.118. The van der Waals surface area contributed by atoms with Crippen LogP contribution in [0.15, 0.2) is 45.9 Å². The van der Waals surface area contributed by atoms with Gasteiger partial charge in [-0.2, -0.15) is 0 Å². The lowest BCUT2D eigenvalue weighted by atomic mass is 10.1. The second-order valence-corrected chi connectivity index (χ2v) is 9.14. The van der Waals surface area contributed by atoms with E-state index in [1.807, 2.05) is 32.0 Å². The van der Waals surface area contributed by atoms with Gasteiger partial charge in [-0.3, -0.25) is 4.72 Å². The molecule has 27 heavy (non-hydrogen) atoms. The summed E-state index contributed by atoms with van der Waals surface area (Å²) in [7, 11) is -3.90. The Kier molecular flexibility index (Phi) is 4.37. The van der Waals surface area contributed by atoms with E-state index in [4.69, 9.17) is 11.6 Å². The van der Waals surface area contributed by atoms with E-state index in [9.17, 15) is 8.42 Å². The average Bonchev–Trinajstić information content (AvgIpc) is 3.23. The summed E-state index contributed by atoms with van der Waals surface area (Å²) in [6.07, 6.45) is 0. The first kappa shape index (κ1) is 17.9. The molecule has 0 fully saturated rings. The van der Waals surface area contributed by atoms with Gasteiger partial charge < -0.3 is 0 Å². The van der Waals surface area contributed by atoms with E-state index < -0.39 is 10.0 Å². The van der Waals surface area contributed by atoms with Crippen LogP contribution in [0.3, 0.4) is 0 Å². The Hall–Kier alpha value is -2.49. The van der Waals surface area contributed by atoms with Crippen molar-refractivity contribution >= 4 is 49.1 Å². The maximum absolute atomic E-state index is 12.8. The zero-order valence-electron chi connectivity index (χ0n) is 14.2. The Morgan fingerprint density at radius 2 is 1.96 bits per heavy atom. The third-order valence-electron chi connectivity index (χ3n) is 4.00. The van der Waals surface area contributed by atoms with Gasteiger partial charge in [0.1, 0.15) is 10.4 Å². The van der Waals surface area contributed by atoms with Crippen LogP contribution < -0.4 is 4.72 Å². The standard InChI is InChI=1S/C17H13ClN4O3S2/c1-9-6-7-11(8-12(9)18)15-10(2)26-17(19-15)22-27(23,24)14-5-3-4-13-16(14)21-25-20-13/h3-8H,1-2H3,(H,19,22). The van der Waals surface area contributed by atoms with E-state index in [0.717, 1.165) is 16.0 Å². The van der Waals surface area contributed by atoms with Crippen LogP contribution in [0.25, 0.3) is 22.3 Å². The first-order chi connectivity index (χ1) is 12.8. The van der Waals surface area contributed by atoms with Crippen LogP contribution in [0.4, 0.5) is 5.13 Å². The van der Waals surface area contributed by atoms with Gasteiger partial charge in [0.05, 0.1) is 5.69 Å². The van der Waals surface area contributed by atoms with E-state index in [0.29, 0.717) is 16.2 Å². The molecule has 0 unspecified atom stereocenters. The van der Waals surface area contributed by atoms with Crippen LogP contribution in [0.2, 0.25) is 5.02 Å².